The van der Waals surface area contributed by atoms with Gasteiger partial charge in [-0.3, -0.25) is 9.88 Å². The van der Waals surface area contributed by atoms with Gasteiger partial charge in [-0.15, -0.1) is 0 Å². The lowest BCUT2D eigenvalue weighted by molar-refractivity contribution is -0.0394. The second kappa shape index (κ2) is 10.5. The van der Waals surface area contributed by atoms with Crippen LogP contribution in [0.4, 0.5) is 0 Å². The van der Waals surface area contributed by atoms with Crippen LogP contribution in [0.5, 0.6) is 5.75 Å². The molecule has 2 aromatic carbocycles. The maximum absolute atomic E-state index is 11.1. The van der Waals surface area contributed by atoms with Crippen molar-refractivity contribution in [1.29, 1.82) is 0 Å². The predicted molar refractivity (Wildman–Crippen MR) is 134 cm³/mol. The van der Waals surface area contributed by atoms with E-state index in [1.54, 1.807) is 13.3 Å². The number of aromatic nitrogens is 3. The summed E-state index contributed by atoms with van der Waals surface area (Å²) in [6.45, 7) is 4.01. The van der Waals surface area contributed by atoms with Crippen LogP contribution in [0.15, 0.2) is 42.6 Å². The lowest BCUT2D eigenvalue weighted by Gasteiger charge is -2.34. The molecule has 2 atom stereocenters. The Bertz CT molecular complexity index is 1290. The summed E-state index contributed by atoms with van der Waals surface area (Å²) in [6.07, 6.45) is 0.880. The highest BCUT2D eigenvalue weighted by atomic mass is 35.5. The standard InChI is InChI=1S/C24H26ClN5O3S/c1-32-16-3-5-20-18(9-16)24(19(25)12-27-20)23(31)14-30-6-7-33-17(13-30)11-26-10-15-2-4-21-22(8-15)29-34-28-21/h2-5,8-9,12,17,23,26,31H,6-7,10-11,13-14H2,1H3. The van der Waals surface area contributed by atoms with E-state index in [2.05, 4.69) is 36.1 Å². The van der Waals surface area contributed by atoms with Crippen LogP contribution in [0.2, 0.25) is 5.02 Å². The third-order valence-corrected chi connectivity index (χ3v) is 6.93. The van der Waals surface area contributed by atoms with E-state index >= 15 is 0 Å². The molecule has 0 saturated carbocycles. The largest absolute Gasteiger partial charge is 0.497 e. The number of morpholine rings is 1. The Morgan fingerprint density at radius 2 is 2.09 bits per heavy atom. The molecule has 0 bridgehead atoms. The molecule has 1 saturated heterocycles. The van der Waals surface area contributed by atoms with E-state index in [1.807, 2.05) is 24.3 Å². The first-order chi connectivity index (χ1) is 16.6. The molecule has 1 aliphatic heterocycles. The van der Waals surface area contributed by atoms with E-state index in [1.165, 1.54) is 11.7 Å². The number of β-amino-alcohol motifs (C(OH)–C–C–N with tert-alkyl or cyclic N) is 1. The van der Waals surface area contributed by atoms with Gasteiger partial charge in [0.25, 0.3) is 0 Å². The highest BCUT2D eigenvalue weighted by molar-refractivity contribution is 7.00. The van der Waals surface area contributed by atoms with Crippen LogP contribution in [0.25, 0.3) is 21.9 Å². The average molecular weight is 500 g/mol. The third-order valence-electron chi connectivity index (χ3n) is 6.07. The summed E-state index contributed by atoms with van der Waals surface area (Å²) >= 11 is 7.70. The van der Waals surface area contributed by atoms with Crippen molar-refractivity contribution in [2.45, 2.75) is 18.8 Å². The van der Waals surface area contributed by atoms with E-state index in [9.17, 15) is 5.11 Å². The number of aliphatic hydroxyl groups is 1. The molecule has 4 aromatic rings. The van der Waals surface area contributed by atoms with Gasteiger partial charge in [0.2, 0.25) is 0 Å². The number of pyridine rings is 1. The maximum atomic E-state index is 11.1. The summed E-state index contributed by atoms with van der Waals surface area (Å²) in [7, 11) is 1.62. The molecular weight excluding hydrogens is 474 g/mol. The van der Waals surface area contributed by atoms with Gasteiger partial charge in [0.15, 0.2) is 0 Å². The van der Waals surface area contributed by atoms with Gasteiger partial charge in [0.1, 0.15) is 16.8 Å². The number of methoxy groups -OCH3 is 1. The number of aliphatic hydroxyl groups excluding tert-OH is 1. The fourth-order valence-electron chi connectivity index (χ4n) is 4.35. The number of ether oxygens (including phenoxy) is 2. The summed E-state index contributed by atoms with van der Waals surface area (Å²) in [5.41, 5.74) is 4.48. The van der Waals surface area contributed by atoms with Crippen LogP contribution in [0, 0.1) is 0 Å². The van der Waals surface area contributed by atoms with Gasteiger partial charge in [0, 0.05) is 49.9 Å². The molecular formula is C24H26ClN5O3S. The SMILES string of the molecule is COc1ccc2ncc(Cl)c(C(O)CN3CCOC(CNCc4ccc5nsnc5c4)C3)c2c1. The summed E-state index contributed by atoms with van der Waals surface area (Å²) in [5, 5.41) is 15.9. The molecule has 2 unspecified atom stereocenters. The van der Waals surface area contributed by atoms with Crippen molar-refractivity contribution in [3.8, 4) is 5.75 Å². The lowest BCUT2D eigenvalue weighted by atomic mass is 10.0. The quantitative estimate of drug-likeness (QED) is 0.381. The summed E-state index contributed by atoms with van der Waals surface area (Å²) in [5.74, 6) is 0.702. The van der Waals surface area contributed by atoms with Crippen molar-refractivity contribution < 1.29 is 14.6 Å². The van der Waals surface area contributed by atoms with Gasteiger partial charge in [0.05, 0.1) is 48.2 Å². The zero-order valence-electron chi connectivity index (χ0n) is 18.8. The Morgan fingerprint density at radius 1 is 1.24 bits per heavy atom. The minimum absolute atomic E-state index is 0.0374. The molecule has 1 fully saturated rings. The fourth-order valence-corrected chi connectivity index (χ4v) is 5.15. The molecule has 10 heteroatoms. The van der Waals surface area contributed by atoms with E-state index in [4.69, 9.17) is 21.1 Å². The molecule has 2 N–H and O–H groups in total. The number of rotatable bonds is 8. The van der Waals surface area contributed by atoms with E-state index < -0.39 is 6.10 Å². The Hall–Kier alpha value is -2.40. The van der Waals surface area contributed by atoms with E-state index in [-0.39, 0.29) is 6.10 Å². The van der Waals surface area contributed by atoms with Gasteiger partial charge in [-0.1, -0.05) is 17.7 Å². The Morgan fingerprint density at radius 3 is 2.97 bits per heavy atom. The molecule has 0 aliphatic carbocycles. The number of hydrogen-bond donors (Lipinski definition) is 2. The smallest absolute Gasteiger partial charge is 0.119 e. The first kappa shape index (κ1) is 23.3. The molecule has 0 spiro atoms. The zero-order valence-corrected chi connectivity index (χ0v) is 20.3. The van der Waals surface area contributed by atoms with Crippen LogP contribution < -0.4 is 10.1 Å². The highest BCUT2D eigenvalue weighted by Gasteiger charge is 2.25. The van der Waals surface area contributed by atoms with Gasteiger partial charge in [-0.2, -0.15) is 8.75 Å². The molecule has 0 amide bonds. The van der Waals surface area contributed by atoms with Crippen molar-refractivity contribution in [3.63, 3.8) is 0 Å². The molecule has 3 heterocycles. The molecule has 0 radical (unpaired) electrons. The van der Waals surface area contributed by atoms with Crippen LogP contribution in [-0.4, -0.2) is 69.7 Å². The average Bonchev–Trinajstić information content (AvgIpc) is 3.32. The van der Waals surface area contributed by atoms with Crippen molar-refractivity contribution >= 4 is 45.3 Å². The normalized spacial score (nSPS) is 17.9. The summed E-state index contributed by atoms with van der Waals surface area (Å²) in [4.78, 5) is 6.60. The zero-order chi connectivity index (χ0) is 23.5. The van der Waals surface area contributed by atoms with Crippen LogP contribution in [0.3, 0.4) is 0 Å². The summed E-state index contributed by atoms with van der Waals surface area (Å²) in [6, 6.07) is 11.7. The van der Waals surface area contributed by atoms with Gasteiger partial charge in [-0.05, 0) is 35.9 Å². The van der Waals surface area contributed by atoms with Gasteiger partial charge in [-0.25, -0.2) is 0 Å². The molecule has 34 heavy (non-hydrogen) atoms. The van der Waals surface area contributed by atoms with E-state index in [0.29, 0.717) is 29.5 Å². The number of nitrogens with zero attached hydrogens (tertiary/aromatic N) is 4. The fraction of sp³-hybridized carbons (Fsp3) is 0.375. The van der Waals surface area contributed by atoms with Crippen molar-refractivity contribution in [1.82, 2.24) is 23.9 Å². The minimum Gasteiger partial charge on any atom is -0.497 e. The topological polar surface area (TPSA) is 92.6 Å². The minimum atomic E-state index is -0.754. The number of benzene rings is 2. The number of hydrogen-bond acceptors (Lipinski definition) is 9. The Balaban J connectivity index is 1.20. The lowest BCUT2D eigenvalue weighted by Crippen LogP contribution is -2.47. The Kier molecular flexibility index (Phi) is 7.19. The van der Waals surface area contributed by atoms with Crippen molar-refractivity contribution in [2.24, 2.45) is 0 Å². The van der Waals surface area contributed by atoms with Gasteiger partial charge >= 0.3 is 0 Å². The first-order valence-corrected chi connectivity index (χ1v) is 12.3. The second-order valence-corrected chi connectivity index (χ2v) is 9.32. The number of fused-ring (bicyclic) bond motifs is 2. The molecule has 8 nitrogen and oxygen atoms in total. The third kappa shape index (κ3) is 5.14. The van der Waals surface area contributed by atoms with Gasteiger partial charge < -0.3 is 19.9 Å². The first-order valence-electron chi connectivity index (χ1n) is 11.2. The summed E-state index contributed by atoms with van der Waals surface area (Å²) < 4.78 is 19.9. The Labute approximate surface area is 206 Å². The van der Waals surface area contributed by atoms with Crippen molar-refractivity contribution in [3.05, 3.63) is 58.7 Å². The highest BCUT2D eigenvalue weighted by Crippen LogP contribution is 2.32. The monoisotopic (exact) mass is 499 g/mol. The molecule has 5 rings (SSSR count). The predicted octanol–water partition coefficient (Wildman–Crippen LogP) is 3.43. The maximum Gasteiger partial charge on any atom is 0.119 e. The number of halogens is 1. The molecule has 178 valence electrons. The van der Waals surface area contributed by atoms with Crippen LogP contribution in [0.1, 0.15) is 17.2 Å². The van der Waals surface area contributed by atoms with E-state index in [0.717, 1.165) is 53.7 Å². The molecule has 1 aliphatic rings. The molecule has 2 aromatic heterocycles. The van der Waals surface area contributed by atoms with Crippen molar-refractivity contribution in [2.75, 3.05) is 39.9 Å². The number of nitrogens with one attached hydrogen (secondary N) is 1. The van der Waals surface area contributed by atoms with Crippen LogP contribution in [-0.2, 0) is 11.3 Å². The van der Waals surface area contributed by atoms with Crippen LogP contribution >= 0.6 is 23.3 Å². The second-order valence-electron chi connectivity index (χ2n) is 8.39.